The number of aryl methyl sites for hydroxylation is 2. The number of hydrogen-bond acceptors (Lipinski definition) is 6. The molecule has 1 fully saturated rings. The number of ketones is 2. The minimum absolute atomic E-state index is 0.00219. The van der Waals surface area contributed by atoms with E-state index >= 15 is 0 Å². The fraction of sp³-hybridized carbons (Fsp3) is 0.467. The van der Waals surface area contributed by atoms with Crippen molar-refractivity contribution in [1.29, 1.82) is 0 Å². The van der Waals surface area contributed by atoms with Gasteiger partial charge in [-0.3, -0.25) is 24.1 Å². The van der Waals surface area contributed by atoms with Crippen molar-refractivity contribution in [3.05, 3.63) is 71.8 Å². The number of hydrogen-bond donors (Lipinski definition) is 2. The summed E-state index contributed by atoms with van der Waals surface area (Å²) in [4.78, 5) is 47.6. The standard InChI is InChI=1S/C17H23NO4.C13H15ClO3/c19-16(13-18-8-10-22-11-9-18)12-15(17(20)21)7-6-14-4-2-1-3-5-14;14-9-12(15)8-11(13(16)17)7-6-10-4-2-1-3-5-10/h1-5,15H,6-13H2,(H,20,21);1-5,11H,6-9H2,(H,16,17)/t15-;11-/m11/s1. The number of carbonyl (C=O) groups excluding carboxylic acids is 2. The van der Waals surface area contributed by atoms with Crippen LogP contribution in [0.15, 0.2) is 60.7 Å². The van der Waals surface area contributed by atoms with Crippen molar-refractivity contribution in [2.75, 3.05) is 38.7 Å². The monoisotopic (exact) mass is 559 g/mol. The number of nitrogens with zero attached hydrogens (tertiary/aromatic N) is 1. The highest BCUT2D eigenvalue weighted by Gasteiger charge is 2.23. The molecule has 9 heteroatoms. The summed E-state index contributed by atoms with van der Waals surface area (Å²) in [6.45, 7) is 3.10. The smallest absolute Gasteiger partial charge is 0.306 e. The second-order valence-corrected chi connectivity index (χ2v) is 9.89. The fourth-order valence-electron chi connectivity index (χ4n) is 4.27. The van der Waals surface area contributed by atoms with Gasteiger partial charge >= 0.3 is 11.9 Å². The number of ether oxygens (including phenoxy) is 1. The average Bonchev–Trinajstić information content (AvgIpc) is 2.94. The van der Waals surface area contributed by atoms with Gasteiger partial charge in [0.2, 0.25) is 0 Å². The molecule has 1 saturated heterocycles. The minimum atomic E-state index is -0.931. The predicted molar refractivity (Wildman–Crippen MR) is 149 cm³/mol. The number of carboxylic acid groups (broad SMARTS) is 2. The zero-order chi connectivity index (χ0) is 28.5. The molecule has 0 amide bonds. The Morgan fingerprint density at radius 1 is 0.744 bits per heavy atom. The van der Waals surface area contributed by atoms with Crippen molar-refractivity contribution >= 4 is 35.1 Å². The normalized spacial score (nSPS) is 14.9. The van der Waals surface area contributed by atoms with E-state index < -0.39 is 23.8 Å². The van der Waals surface area contributed by atoms with Crippen molar-refractivity contribution < 1.29 is 34.1 Å². The minimum Gasteiger partial charge on any atom is -0.481 e. The Hall–Kier alpha value is -3.07. The number of benzene rings is 2. The zero-order valence-electron chi connectivity index (χ0n) is 22.2. The lowest BCUT2D eigenvalue weighted by atomic mass is 9.94. The van der Waals surface area contributed by atoms with E-state index in [0.717, 1.165) is 24.2 Å². The maximum Gasteiger partial charge on any atom is 0.306 e. The molecule has 0 spiro atoms. The van der Waals surface area contributed by atoms with E-state index in [1.165, 1.54) is 0 Å². The van der Waals surface area contributed by atoms with E-state index in [-0.39, 0.29) is 30.3 Å². The topological polar surface area (TPSA) is 121 Å². The molecule has 1 heterocycles. The third-order valence-corrected chi connectivity index (χ3v) is 6.85. The molecular formula is C30H38ClNO7. The van der Waals surface area contributed by atoms with E-state index in [1.54, 1.807) is 0 Å². The van der Waals surface area contributed by atoms with Gasteiger partial charge in [0.15, 0.2) is 0 Å². The number of alkyl halides is 1. The molecule has 0 saturated carbocycles. The molecule has 1 aliphatic heterocycles. The molecule has 0 unspecified atom stereocenters. The molecule has 0 bridgehead atoms. The molecule has 2 N–H and O–H groups in total. The molecule has 0 aromatic heterocycles. The lowest BCUT2D eigenvalue weighted by molar-refractivity contribution is -0.144. The van der Waals surface area contributed by atoms with Crippen LogP contribution < -0.4 is 0 Å². The molecule has 0 aliphatic carbocycles. The van der Waals surface area contributed by atoms with Gasteiger partial charge in [-0.15, -0.1) is 11.6 Å². The van der Waals surface area contributed by atoms with Gasteiger partial charge in [0, 0.05) is 25.9 Å². The van der Waals surface area contributed by atoms with Crippen molar-refractivity contribution in [2.24, 2.45) is 11.8 Å². The number of morpholine rings is 1. The van der Waals surface area contributed by atoms with Crippen LogP contribution in [0.3, 0.4) is 0 Å². The Balaban J connectivity index is 0.000000283. The summed E-state index contributed by atoms with van der Waals surface area (Å²) >= 11 is 5.38. The SMILES string of the molecule is O=C(CCl)C[C@@H](CCc1ccccc1)C(=O)O.O=C(C[C@@H](CCc1ccccc1)C(=O)O)CN1CCOCC1. The molecule has 0 radical (unpaired) electrons. The van der Waals surface area contributed by atoms with Gasteiger partial charge in [-0.1, -0.05) is 60.7 Å². The van der Waals surface area contributed by atoms with Gasteiger partial charge in [-0.2, -0.15) is 0 Å². The number of halogens is 1. The van der Waals surface area contributed by atoms with Crippen molar-refractivity contribution in [1.82, 2.24) is 4.90 Å². The maximum atomic E-state index is 12.1. The first kappa shape index (κ1) is 32.1. The summed E-state index contributed by atoms with van der Waals surface area (Å²) in [5.74, 6) is -3.38. The Morgan fingerprint density at radius 2 is 1.18 bits per heavy atom. The van der Waals surface area contributed by atoms with E-state index in [4.69, 9.17) is 21.4 Å². The number of carbonyl (C=O) groups is 4. The van der Waals surface area contributed by atoms with E-state index in [1.807, 2.05) is 65.6 Å². The zero-order valence-corrected chi connectivity index (χ0v) is 22.9. The molecule has 39 heavy (non-hydrogen) atoms. The van der Waals surface area contributed by atoms with Crippen LogP contribution in [0.4, 0.5) is 0 Å². The third kappa shape index (κ3) is 13.5. The molecular weight excluding hydrogens is 522 g/mol. The highest BCUT2D eigenvalue weighted by Crippen LogP contribution is 2.16. The van der Waals surface area contributed by atoms with Crippen molar-refractivity contribution in [3.63, 3.8) is 0 Å². The second-order valence-electron chi connectivity index (χ2n) is 9.63. The Morgan fingerprint density at radius 3 is 1.59 bits per heavy atom. The van der Waals surface area contributed by atoms with Crippen LogP contribution in [0, 0.1) is 11.8 Å². The first-order chi connectivity index (χ1) is 18.8. The number of carboxylic acids is 2. The highest BCUT2D eigenvalue weighted by atomic mass is 35.5. The number of rotatable bonds is 15. The number of aliphatic carboxylic acids is 2. The Kier molecular flexibility index (Phi) is 15.0. The van der Waals surface area contributed by atoms with Gasteiger partial charge in [-0.05, 0) is 36.8 Å². The second kappa shape index (κ2) is 18.3. The maximum absolute atomic E-state index is 12.1. The van der Waals surface area contributed by atoms with E-state index in [0.29, 0.717) is 45.4 Å². The molecule has 8 nitrogen and oxygen atoms in total. The summed E-state index contributed by atoms with van der Waals surface area (Å²) in [7, 11) is 0. The van der Waals surface area contributed by atoms with Crippen LogP contribution in [0.1, 0.15) is 36.8 Å². The van der Waals surface area contributed by atoms with Gasteiger partial charge in [0.1, 0.15) is 11.6 Å². The van der Waals surface area contributed by atoms with Crippen LogP contribution in [-0.4, -0.2) is 77.3 Å². The lowest BCUT2D eigenvalue weighted by Crippen LogP contribution is -2.40. The van der Waals surface area contributed by atoms with Crippen molar-refractivity contribution in [3.8, 4) is 0 Å². The average molecular weight is 560 g/mol. The van der Waals surface area contributed by atoms with Crippen LogP contribution in [0.2, 0.25) is 0 Å². The summed E-state index contributed by atoms with van der Waals surface area (Å²) in [6.07, 6.45) is 2.43. The Labute approximate surface area is 234 Å². The highest BCUT2D eigenvalue weighted by molar-refractivity contribution is 6.27. The predicted octanol–water partition coefficient (Wildman–Crippen LogP) is 4.13. The lowest BCUT2D eigenvalue weighted by Gasteiger charge is -2.26. The molecule has 2 atom stereocenters. The first-order valence-corrected chi connectivity index (χ1v) is 13.7. The van der Waals surface area contributed by atoms with Crippen LogP contribution in [-0.2, 0) is 36.8 Å². The molecule has 2 aromatic carbocycles. The van der Waals surface area contributed by atoms with Crippen LogP contribution >= 0.6 is 11.6 Å². The van der Waals surface area contributed by atoms with Gasteiger partial charge in [-0.25, -0.2) is 0 Å². The van der Waals surface area contributed by atoms with Gasteiger partial charge in [0.05, 0.1) is 37.5 Å². The molecule has 3 rings (SSSR count). The van der Waals surface area contributed by atoms with E-state index in [2.05, 4.69) is 0 Å². The molecule has 1 aliphatic rings. The quantitative estimate of drug-likeness (QED) is 0.312. The summed E-state index contributed by atoms with van der Waals surface area (Å²) in [5.41, 5.74) is 2.19. The summed E-state index contributed by atoms with van der Waals surface area (Å²) < 4.78 is 5.24. The van der Waals surface area contributed by atoms with E-state index in [9.17, 15) is 24.3 Å². The van der Waals surface area contributed by atoms with Crippen LogP contribution in [0.5, 0.6) is 0 Å². The third-order valence-electron chi connectivity index (χ3n) is 6.55. The number of Topliss-reactive ketones (excluding diaryl/α,β-unsaturated/α-hetero) is 2. The van der Waals surface area contributed by atoms with Gasteiger partial charge in [0.25, 0.3) is 0 Å². The summed E-state index contributed by atoms with van der Waals surface area (Å²) in [5, 5.41) is 18.3. The Bertz CT molecular complexity index is 1030. The van der Waals surface area contributed by atoms with Crippen molar-refractivity contribution in [2.45, 2.75) is 38.5 Å². The van der Waals surface area contributed by atoms with Crippen LogP contribution in [0.25, 0.3) is 0 Å². The largest absolute Gasteiger partial charge is 0.481 e. The van der Waals surface area contributed by atoms with Gasteiger partial charge < -0.3 is 14.9 Å². The summed E-state index contributed by atoms with van der Waals surface area (Å²) in [6, 6.07) is 19.4. The molecule has 2 aromatic rings. The first-order valence-electron chi connectivity index (χ1n) is 13.2. The fourth-order valence-corrected chi connectivity index (χ4v) is 4.38. The molecule has 212 valence electrons.